The van der Waals surface area contributed by atoms with Crippen LogP contribution in [-0.2, 0) is 95.3 Å². The van der Waals surface area contributed by atoms with Crippen LogP contribution in [0.3, 0.4) is 0 Å². The smallest absolute Gasteiger partial charge is 0.697 e. The van der Waals surface area contributed by atoms with Crippen molar-refractivity contribution >= 4 is 73.9 Å². The summed E-state index contributed by atoms with van der Waals surface area (Å²) in [6.45, 7) is 10.7. The molecular formula is C69H110BN15O21P2SW2. The standard InChI is InChI=1S/C14H19N3O3.C13H18BN3O6.C13H17N3O3.C12H15N3O6S.C10H15N3O3.C2H.4CH4.CH3.2H3P.2W/c1-3-9-6-10(15-20-9)11-7-14(4-5-14)12-8-16(11)13(18)17(12)19-2;1-2-8-5-9(15-21-8)10-6-13(3-4-13)11-7-16(10)12(18)17(11)22-14(19)23-20;1-2-8-5-9(14-19-8)10-6-13(3-4-13)11-7-15(10)12(17)16(11)18;1-7-4-8(13-20-7)9-5-12(2-3-12)10-6-14(9)11(16)15(10)21-22(17,18)19;1-16-13-8-6-12(9(13)14)7(5-11-15)4-10(8)2-3-10;1-2;;;;;;;;;/h6,11-12H,3-5,7-8H2,1-2H3;5,10-11,19-20H,2-4,6-7H2,1H3;5,10-11,18H,2-4,6-7H2,1H3;4,9-10H,2-3,5-6H2,1H3,(H,17,18,19);5,7-8,15H,2-4,6H2,1H3;1H;4*1H4;3*1H3;;/q;;;;;-1;;;;;-1;;;;+2/b;;;;11-5+;;;;;;;;;;. The largest absolute Gasteiger partial charge is 2.00 e. The Bertz CT molecular complexity index is 4030. The summed E-state index contributed by atoms with van der Waals surface area (Å²) in [6.07, 6.45) is 27.6. The van der Waals surface area contributed by atoms with Crippen LogP contribution in [0.15, 0.2) is 47.5 Å². The van der Waals surface area contributed by atoms with Crippen molar-refractivity contribution < 1.29 is 141 Å². The first-order valence-corrected chi connectivity index (χ1v) is 36.1. The van der Waals surface area contributed by atoms with Gasteiger partial charge in [-0.05, 0) is 130 Å². The van der Waals surface area contributed by atoms with Crippen molar-refractivity contribution in [2.45, 2.75) is 233 Å². The quantitative estimate of drug-likeness (QED) is 0.00705. The van der Waals surface area contributed by atoms with Gasteiger partial charge in [0.1, 0.15) is 45.8 Å². The molecule has 4 aromatic heterocycles. The van der Waals surface area contributed by atoms with Gasteiger partial charge in [0.25, 0.3) is 0 Å². The van der Waals surface area contributed by atoms with Gasteiger partial charge in [-0.25, -0.2) is 38.9 Å². The van der Waals surface area contributed by atoms with Gasteiger partial charge in [-0.2, -0.15) is 43.4 Å². The molecule has 5 spiro atoms. The predicted octanol–water partition coefficient (Wildman–Crippen LogP) is 10.1. The SMILES string of the molecule is C.C.C.C.CCc1cc(C2CC3(CC3)C3CN2C(=O)N3O)no1.CCc1cc(C2CC3(CC3)C3CN2C(=O)N3OB(O)OO)no1.CCc1cc(C2CC3(CC3)C3CN2C(=O)N3OC)no1.CON1C(=O)N2CC1C1(CC1)CC2/C=N/O.Cc1cc(C2CC3(CC3)C3CN2C(=O)N3OS(=O)(=O)O)no1.P.P.[C-]#C.[CH3-].[W+2].[W]. The van der Waals surface area contributed by atoms with Gasteiger partial charge in [-0.15, -0.1) is 4.28 Å². The molecule has 19 rings (SSSR count). The van der Waals surface area contributed by atoms with Crippen LogP contribution in [0.2, 0.25) is 0 Å². The fraction of sp³-hybridized carbons (Fsp3) is 0.696. The van der Waals surface area contributed by atoms with E-state index in [0.717, 1.165) is 152 Å². The molecule has 4 aromatic rings. The molecule has 5 aliphatic carbocycles. The van der Waals surface area contributed by atoms with Crippen molar-refractivity contribution in [3.63, 3.8) is 0 Å². The maximum absolute atomic E-state index is 12.6. The van der Waals surface area contributed by atoms with Crippen LogP contribution < -0.4 is 0 Å². The van der Waals surface area contributed by atoms with E-state index in [2.05, 4.69) is 41.3 Å². The number of hydrogen-bond donors (Lipinski definition) is 5. The molecule has 10 amide bonds. The van der Waals surface area contributed by atoms with Gasteiger partial charge in [0, 0.05) is 97.3 Å². The second kappa shape index (κ2) is 36.5. The zero-order valence-electron chi connectivity index (χ0n) is 60.7. The Hall–Kier alpha value is -5.89. The minimum absolute atomic E-state index is 0. The van der Waals surface area contributed by atoms with E-state index in [1.54, 1.807) is 39.9 Å². The second-order valence-electron chi connectivity index (χ2n) is 29.6. The number of aromatic nitrogens is 4. The normalized spacial score (nSPS) is 27.6. The van der Waals surface area contributed by atoms with Gasteiger partial charge in [-0.1, -0.05) is 76.3 Å². The van der Waals surface area contributed by atoms with Crippen molar-refractivity contribution in [3.8, 4) is 6.42 Å². The van der Waals surface area contributed by atoms with Gasteiger partial charge in [0.15, 0.2) is 0 Å². The molecule has 12 unspecified atom stereocenters. The Morgan fingerprint density at radius 3 is 1.19 bits per heavy atom. The van der Waals surface area contributed by atoms with Gasteiger partial charge in [-0.3, -0.25) is 29.4 Å². The van der Waals surface area contributed by atoms with Crippen LogP contribution in [0, 0.1) is 54.3 Å². The first-order valence-electron chi connectivity index (χ1n) is 34.8. The minimum Gasteiger partial charge on any atom is -0.697 e. The first-order chi connectivity index (χ1) is 48.9. The molecule has 14 heterocycles. The maximum Gasteiger partial charge on any atom is 2.00 e. The van der Waals surface area contributed by atoms with Crippen molar-refractivity contribution in [1.29, 1.82) is 0 Å². The Kier molecular flexibility index (Phi) is 31.5. The van der Waals surface area contributed by atoms with Crippen molar-refractivity contribution in [2.75, 3.05) is 46.9 Å². The van der Waals surface area contributed by atoms with Crippen molar-refractivity contribution in [2.24, 2.45) is 32.2 Å². The molecule has 15 fully saturated rings. The maximum atomic E-state index is 12.6. The summed E-state index contributed by atoms with van der Waals surface area (Å²) in [5.74, 6) is 3.16. The number of urea groups is 5. The number of carbonyl (C=O) groups is 5. The molecule has 0 radical (unpaired) electrons. The third-order valence-corrected chi connectivity index (χ3v) is 24.6. The van der Waals surface area contributed by atoms with Crippen LogP contribution in [-0.4, -0.2) is 231 Å². The molecule has 10 bridgehead atoms. The molecule has 15 aliphatic rings. The van der Waals surface area contributed by atoms with E-state index in [0.29, 0.717) is 44.1 Å². The molecule has 42 heteroatoms. The van der Waals surface area contributed by atoms with Gasteiger partial charge < -0.3 is 73.1 Å². The van der Waals surface area contributed by atoms with Crippen molar-refractivity contribution in [1.82, 2.24) is 70.4 Å². The van der Waals surface area contributed by atoms with Crippen molar-refractivity contribution in [3.05, 3.63) is 83.9 Å². The Morgan fingerprint density at radius 1 is 0.550 bits per heavy atom. The summed E-state index contributed by atoms with van der Waals surface area (Å²) in [7, 11) is -3.51. The zero-order valence-corrected chi connectivity index (χ0v) is 70.2. The number of amides is 10. The molecule has 618 valence electrons. The first kappa shape index (κ1) is 95.7. The van der Waals surface area contributed by atoms with Crippen LogP contribution in [0.1, 0.15) is 217 Å². The summed E-state index contributed by atoms with van der Waals surface area (Å²) in [4.78, 5) is 84.4. The monoisotopic (exact) mass is 1960 g/mol. The van der Waals surface area contributed by atoms with Crippen LogP contribution in [0.25, 0.3) is 0 Å². The second-order valence-corrected chi connectivity index (χ2v) is 30.6. The Balaban J connectivity index is 0.000000243. The Morgan fingerprint density at radius 2 is 0.856 bits per heavy atom. The summed E-state index contributed by atoms with van der Waals surface area (Å²) in [5, 5.41) is 61.8. The third-order valence-electron chi connectivity index (χ3n) is 24.3. The minimum atomic E-state index is -4.74. The molecular weight excluding hydrogens is 1850 g/mol. The number of oxime groups is 1. The number of carbonyl (C=O) groups excluding carboxylic acids is 5. The fourth-order valence-electron chi connectivity index (χ4n) is 17.8. The van der Waals surface area contributed by atoms with Crippen LogP contribution >= 0.6 is 19.8 Å². The summed E-state index contributed by atoms with van der Waals surface area (Å²) in [5.41, 5.74) is 3.44. The van der Waals surface area contributed by atoms with E-state index < -0.39 is 23.8 Å². The summed E-state index contributed by atoms with van der Waals surface area (Å²) >= 11 is 0. The molecule has 10 saturated heterocycles. The molecule has 36 nitrogen and oxygen atoms in total. The van der Waals surface area contributed by atoms with Crippen LogP contribution in [0.5, 0.6) is 0 Å². The number of hydrogen-bond acceptors (Lipinski definition) is 25. The Labute approximate surface area is 684 Å². The molecule has 5 saturated carbocycles. The average Bonchev–Trinajstić information content (AvgIpc) is 1.61. The number of piperidine rings is 5. The number of rotatable bonds is 15. The van der Waals surface area contributed by atoms with E-state index in [4.69, 9.17) is 54.0 Å². The zero-order chi connectivity index (χ0) is 72.3. The third kappa shape index (κ3) is 17.4. The topological polar surface area (TPSA) is 416 Å². The molecule has 12 atom stereocenters. The number of hydroxylamine groups is 10. The average molecular weight is 1960 g/mol. The molecule has 0 aromatic carbocycles. The fourth-order valence-corrected chi connectivity index (χ4v) is 18.2. The van der Waals surface area contributed by atoms with Gasteiger partial charge >= 0.3 is 68.9 Å². The number of aryl methyl sites for hydroxylation is 4. The van der Waals surface area contributed by atoms with Crippen LogP contribution in [0.4, 0.5) is 24.0 Å². The van der Waals surface area contributed by atoms with E-state index >= 15 is 0 Å². The van der Waals surface area contributed by atoms with Gasteiger partial charge in [0.2, 0.25) is 0 Å². The van der Waals surface area contributed by atoms with E-state index in [-0.39, 0.29) is 211 Å². The number of nitrogens with zero attached hydrogens (tertiary/aromatic N) is 15. The summed E-state index contributed by atoms with van der Waals surface area (Å²) < 4.78 is 61.4. The molecule has 111 heavy (non-hydrogen) atoms. The molecule has 10 aliphatic heterocycles. The van der Waals surface area contributed by atoms with E-state index in [9.17, 15) is 42.6 Å². The van der Waals surface area contributed by atoms with Gasteiger partial charge in [0.05, 0.1) is 80.9 Å². The van der Waals surface area contributed by atoms with E-state index in [1.165, 1.54) is 36.1 Å². The number of fused-ring (bicyclic) bond motifs is 15. The number of terminal acetylenes is 1. The van der Waals surface area contributed by atoms with E-state index in [1.807, 2.05) is 43.9 Å². The predicted molar refractivity (Wildman–Crippen MR) is 399 cm³/mol. The molecule has 5 N–H and O–H groups in total. The summed E-state index contributed by atoms with van der Waals surface area (Å²) in [6, 6.07) is 5.52.